The maximum Gasteiger partial charge on any atom is 0.263 e. The van der Waals surface area contributed by atoms with Crippen LogP contribution in [0.1, 0.15) is 33.3 Å². The first-order chi connectivity index (χ1) is 15.1. The monoisotopic (exact) mass is 461 g/mol. The Labute approximate surface area is 190 Å². The predicted molar refractivity (Wildman–Crippen MR) is 127 cm³/mol. The molecule has 0 heterocycles. The number of carbonyl (C=O) groups is 1. The van der Waals surface area contributed by atoms with Crippen molar-refractivity contribution >= 4 is 27.8 Å². The number of rotatable bonds is 11. The number of hydrogen-bond donors (Lipinski definition) is 1. The number of sulfonamides is 1. The number of nitrogens with one attached hydrogen (secondary N) is 1. The molecule has 0 aromatic heterocycles. The summed E-state index contributed by atoms with van der Waals surface area (Å²) in [5.74, 6) is 1.25. The van der Waals surface area contributed by atoms with E-state index in [9.17, 15) is 13.2 Å². The molecule has 1 amide bonds. The molecule has 0 aliphatic carbocycles. The first kappa shape index (κ1) is 25.2. The quantitative estimate of drug-likeness (QED) is 0.408. The molecule has 174 valence electrons. The van der Waals surface area contributed by atoms with Crippen LogP contribution in [-0.4, -0.2) is 46.1 Å². The van der Waals surface area contributed by atoms with Crippen molar-refractivity contribution in [3.05, 3.63) is 54.1 Å². The van der Waals surface area contributed by atoms with Gasteiger partial charge < -0.3 is 9.47 Å². The van der Waals surface area contributed by atoms with Crippen LogP contribution in [0.25, 0.3) is 0 Å². The van der Waals surface area contributed by atoms with E-state index in [-0.39, 0.29) is 0 Å². The zero-order valence-corrected chi connectivity index (χ0v) is 19.9. The van der Waals surface area contributed by atoms with Gasteiger partial charge in [0.2, 0.25) is 10.0 Å². The number of anilines is 1. The van der Waals surface area contributed by atoms with Gasteiger partial charge in [0.05, 0.1) is 31.4 Å². The Morgan fingerprint density at radius 2 is 1.59 bits per heavy atom. The fourth-order valence-electron chi connectivity index (χ4n) is 2.84. The minimum atomic E-state index is -3.72. The molecule has 1 N–H and O–H groups in total. The van der Waals surface area contributed by atoms with E-state index in [1.54, 1.807) is 24.3 Å². The van der Waals surface area contributed by atoms with Crippen molar-refractivity contribution in [3.63, 3.8) is 0 Å². The van der Waals surface area contributed by atoms with Crippen molar-refractivity contribution in [2.45, 2.75) is 33.7 Å². The maximum atomic E-state index is 12.6. The highest BCUT2D eigenvalue weighted by atomic mass is 32.2. The summed E-state index contributed by atoms with van der Waals surface area (Å²) >= 11 is 0. The highest BCUT2D eigenvalue weighted by molar-refractivity contribution is 7.92. The van der Waals surface area contributed by atoms with Gasteiger partial charge in [-0.2, -0.15) is 5.10 Å². The average molecular weight is 462 g/mol. The average Bonchev–Trinajstić information content (AvgIpc) is 2.73. The van der Waals surface area contributed by atoms with E-state index in [2.05, 4.69) is 24.4 Å². The normalized spacial score (nSPS) is 12.6. The molecule has 0 aliphatic rings. The summed E-state index contributed by atoms with van der Waals surface area (Å²) in [4.78, 5) is 12.6. The highest BCUT2D eigenvalue weighted by Gasteiger charge is 2.29. The summed E-state index contributed by atoms with van der Waals surface area (Å²) in [6.07, 6.45) is 2.54. The molecule has 8 nitrogen and oxygen atoms in total. The summed E-state index contributed by atoms with van der Waals surface area (Å²) in [5, 5.41) is 3.96. The van der Waals surface area contributed by atoms with E-state index in [0.29, 0.717) is 30.6 Å². The molecule has 0 bridgehead atoms. The molecule has 0 unspecified atom stereocenters. The Hall–Kier alpha value is -3.07. The van der Waals surface area contributed by atoms with Crippen molar-refractivity contribution in [1.29, 1.82) is 0 Å². The van der Waals surface area contributed by atoms with E-state index in [4.69, 9.17) is 9.47 Å². The van der Waals surface area contributed by atoms with E-state index < -0.39 is 22.0 Å². The van der Waals surface area contributed by atoms with E-state index in [1.807, 2.05) is 31.2 Å². The van der Waals surface area contributed by atoms with Gasteiger partial charge in [-0.1, -0.05) is 13.8 Å². The van der Waals surface area contributed by atoms with Crippen LogP contribution >= 0.6 is 0 Å². The lowest BCUT2D eigenvalue weighted by Gasteiger charge is -2.27. The molecular weight excluding hydrogens is 430 g/mol. The van der Waals surface area contributed by atoms with Gasteiger partial charge in [-0.15, -0.1) is 0 Å². The third-order valence-electron chi connectivity index (χ3n) is 4.34. The summed E-state index contributed by atoms with van der Waals surface area (Å²) in [6.45, 7) is 8.64. The van der Waals surface area contributed by atoms with Crippen molar-refractivity contribution in [2.24, 2.45) is 11.0 Å². The van der Waals surface area contributed by atoms with Crippen molar-refractivity contribution in [3.8, 4) is 11.5 Å². The molecule has 2 aromatic carbocycles. The highest BCUT2D eigenvalue weighted by Crippen LogP contribution is 2.24. The topological polar surface area (TPSA) is 97.3 Å². The largest absolute Gasteiger partial charge is 0.494 e. The lowest BCUT2D eigenvalue weighted by molar-refractivity contribution is -0.121. The minimum Gasteiger partial charge on any atom is -0.494 e. The van der Waals surface area contributed by atoms with Crippen molar-refractivity contribution < 1.29 is 22.7 Å². The number of amides is 1. The van der Waals surface area contributed by atoms with Gasteiger partial charge >= 0.3 is 0 Å². The first-order valence-corrected chi connectivity index (χ1v) is 12.2. The van der Waals surface area contributed by atoms with Crippen LogP contribution in [0.5, 0.6) is 11.5 Å². The fraction of sp³-hybridized carbons (Fsp3) is 0.391. The molecule has 0 spiro atoms. The van der Waals surface area contributed by atoms with Crippen molar-refractivity contribution in [1.82, 2.24) is 5.43 Å². The second kappa shape index (κ2) is 11.5. The van der Waals surface area contributed by atoms with Gasteiger partial charge in [-0.05, 0) is 73.9 Å². The van der Waals surface area contributed by atoms with Crippen molar-refractivity contribution in [2.75, 3.05) is 23.8 Å². The summed E-state index contributed by atoms with van der Waals surface area (Å²) in [6, 6.07) is 12.8. The van der Waals surface area contributed by atoms with E-state index in [1.165, 1.54) is 13.1 Å². The third-order valence-corrected chi connectivity index (χ3v) is 5.58. The summed E-state index contributed by atoms with van der Waals surface area (Å²) < 4.78 is 36.8. The summed E-state index contributed by atoms with van der Waals surface area (Å²) in [5.41, 5.74) is 3.53. The molecule has 9 heteroatoms. The van der Waals surface area contributed by atoms with E-state index in [0.717, 1.165) is 21.9 Å². The molecule has 0 fully saturated rings. The van der Waals surface area contributed by atoms with Crippen LogP contribution in [0.15, 0.2) is 53.6 Å². The Kier molecular flexibility index (Phi) is 9.07. The Balaban J connectivity index is 2.05. The zero-order chi connectivity index (χ0) is 23.7. The smallest absolute Gasteiger partial charge is 0.263 e. The second-order valence-corrected chi connectivity index (χ2v) is 9.53. The Bertz CT molecular complexity index is 1000. The van der Waals surface area contributed by atoms with Gasteiger partial charge in [0, 0.05) is 0 Å². The number of hydrogen-bond acceptors (Lipinski definition) is 6. The van der Waals surface area contributed by atoms with Gasteiger partial charge in [-0.3, -0.25) is 9.10 Å². The molecule has 0 saturated carbocycles. The minimum absolute atomic E-state index is 0.361. The third kappa shape index (κ3) is 7.56. The number of ether oxygens (including phenoxy) is 2. The van der Waals surface area contributed by atoms with Crippen LogP contribution < -0.4 is 19.2 Å². The van der Waals surface area contributed by atoms with Gasteiger partial charge in [0.25, 0.3) is 5.91 Å². The molecule has 2 aromatic rings. The molecular formula is C23H31N3O5S. The summed E-state index contributed by atoms with van der Waals surface area (Å²) in [7, 11) is -3.72. The van der Waals surface area contributed by atoms with Crippen LogP contribution in [0.4, 0.5) is 5.69 Å². The van der Waals surface area contributed by atoms with Crippen LogP contribution in [0, 0.1) is 5.92 Å². The Morgan fingerprint density at radius 1 is 1.03 bits per heavy atom. The van der Waals surface area contributed by atoms with Crippen LogP contribution in [0.3, 0.4) is 0 Å². The SMILES string of the molecule is CCOc1ccc(N([C@H](C)C(=O)N/N=C\c2ccc(OCC(C)C)cc2)S(C)(=O)=O)cc1. The lowest BCUT2D eigenvalue weighted by Crippen LogP contribution is -2.46. The van der Waals surface area contributed by atoms with Crippen LogP contribution in [-0.2, 0) is 14.8 Å². The number of hydrazone groups is 1. The Morgan fingerprint density at radius 3 is 2.12 bits per heavy atom. The molecule has 0 aliphatic heterocycles. The molecule has 0 radical (unpaired) electrons. The number of benzene rings is 2. The molecule has 32 heavy (non-hydrogen) atoms. The van der Waals surface area contributed by atoms with Gasteiger partial charge in [-0.25, -0.2) is 13.8 Å². The van der Waals surface area contributed by atoms with Gasteiger partial charge in [0.15, 0.2) is 0 Å². The predicted octanol–water partition coefficient (Wildman–Crippen LogP) is 3.42. The maximum absolute atomic E-state index is 12.6. The second-order valence-electron chi connectivity index (χ2n) is 7.67. The van der Waals surface area contributed by atoms with Gasteiger partial charge in [0.1, 0.15) is 17.5 Å². The molecule has 0 saturated heterocycles. The molecule has 1 atom stereocenters. The lowest BCUT2D eigenvalue weighted by atomic mass is 10.2. The molecule has 2 rings (SSSR count). The standard InChI is InChI=1S/C23H31N3O5S/c1-6-30-21-13-9-20(10-14-21)26(32(5,28)29)18(4)23(27)25-24-15-19-7-11-22(12-8-19)31-16-17(2)3/h7-15,17-18H,6,16H2,1-5H3,(H,25,27)/b24-15-/t18-/m1/s1. The van der Waals surface area contributed by atoms with E-state index >= 15 is 0 Å². The number of carbonyl (C=O) groups excluding carboxylic acids is 1. The zero-order valence-electron chi connectivity index (χ0n) is 19.1. The number of nitrogens with zero attached hydrogens (tertiary/aromatic N) is 2. The first-order valence-electron chi connectivity index (χ1n) is 10.4. The fourth-order valence-corrected chi connectivity index (χ4v) is 4.02. The van der Waals surface area contributed by atoms with Crippen LogP contribution in [0.2, 0.25) is 0 Å².